The quantitative estimate of drug-likeness (QED) is 0.691. The third kappa shape index (κ3) is 2.10. The van der Waals surface area contributed by atoms with Crippen LogP contribution in [0.5, 0.6) is 0 Å². The molecule has 21 heavy (non-hydrogen) atoms. The van der Waals surface area contributed by atoms with Crippen LogP contribution < -0.4 is 0 Å². The first kappa shape index (κ1) is 13.4. The highest BCUT2D eigenvalue weighted by molar-refractivity contribution is 7.71. The van der Waals surface area contributed by atoms with Crippen molar-refractivity contribution in [2.24, 2.45) is 0 Å². The second-order valence-corrected chi connectivity index (χ2v) is 4.71. The molecule has 0 aliphatic carbocycles. The molecule has 1 aromatic heterocycles. The van der Waals surface area contributed by atoms with Gasteiger partial charge in [-0.1, -0.05) is 0 Å². The van der Waals surface area contributed by atoms with Crippen LogP contribution in [0.2, 0.25) is 0 Å². The summed E-state index contributed by atoms with van der Waals surface area (Å²) in [7, 11) is 0. The average Bonchev–Trinajstić information content (AvgIpc) is 2.73. The standard InChI is InChI=1S/C14H6F3N3S/c15-8-4-9(16)13(10(17)5-8)20-12-3-7(6-18)1-2-11(12)19-14(20)21/h1-5H,(H,19,21). The number of hydrogen-bond acceptors (Lipinski definition) is 2. The molecule has 0 amide bonds. The molecule has 0 unspecified atom stereocenters. The fourth-order valence-corrected chi connectivity index (χ4v) is 2.44. The average molecular weight is 305 g/mol. The van der Waals surface area contributed by atoms with E-state index in [4.69, 9.17) is 17.5 Å². The van der Waals surface area contributed by atoms with E-state index < -0.39 is 23.1 Å². The van der Waals surface area contributed by atoms with Crippen molar-refractivity contribution in [3.05, 3.63) is 58.1 Å². The van der Waals surface area contributed by atoms with E-state index in [1.54, 1.807) is 12.1 Å². The maximum absolute atomic E-state index is 13.9. The van der Waals surface area contributed by atoms with E-state index >= 15 is 0 Å². The highest BCUT2D eigenvalue weighted by Crippen LogP contribution is 2.25. The molecule has 0 aliphatic heterocycles. The second kappa shape index (κ2) is 4.75. The van der Waals surface area contributed by atoms with Crippen molar-refractivity contribution in [3.8, 4) is 11.8 Å². The van der Waals surface area contributed by atoms with Gasteiger partial charge in [-0.15, -0.1) is 0 Å². The van der Waals surface area contributed by atoms with Gasteiger partial charge in [-0.05, 0) is 30.4 Å². The van der Waals surface area contributed by atoms with Crippen molar-refractivity contribution < 1.29 is 13.2 Å². The summed E-state index contributed by atoms with van der Waals surface area (Å²) in [4.78, 5) is 2.79. The van der Waals surface area contributed by atoms with E-state index in [0.717, 1.165) is 4.57 Å². The maximum Gasteiger partial charge on any atom is 0.182 e. The Hall–Kier alpha value is -2.59. The minimum absolute atomic E-state index is 0.0458. The molecule has 0 fully saturated rings. The lowest BCUT2D eigenvalue weighted by Gasteiger charge is -2.08. The fourth-order valence-electron chi connectivity index (χ4n) is 2.14. The van der Waals surface area contributed by atoms with Gasteiger partial charge in [0.25, 0.3) is 0 Å². The Kier molecular flexibility index (Phi) is 3.03. The SMILES string of the molecule is N#Cc1ccc2[nH]c(=S)n(-c3c(F)cc(F)cc3F)c2c1. The summed E-state index contributed by atoms with van der Waals surface area (Å²) in [6.45, 7) is 0. The van der Waals surface area contributed by atoms with Crippen LogP contribution in [-0.2, 0) is 0 Å². The molecule has 1 N–H and O–H groups in total. The van der Waals surface area contributed by atoms with Gasteiger partial charge in [0.2, 0.25) is 0 Å². The highest BCUT2D eigenvalue weighted by atomic mass is 32.1. The summed E-state index contributed by atoms with van der Waals surface area (Å²) in [5.41, 5.74) is 0.682. The Morgan fingerprint density at radius 3 is 2.38 bits per heavy atom. The predicted octanol–water partition coefficient (Wildman–Crippen LogP) is 3.98. The van der Waals surface area contributed by atoms with Crippen molar-refractivity contribution >= 4 is 23.3 Å². The van der Waals surface area contributed by atoms with Crippen LogP contribution >= 0.6 is 12.2 Å². The van der Waals surface area contributed by atoms with Crippen molar-refractivity contribution in [3.63, 3.8) is 0 Å². The minimum Gasteiger partial charge on any atom is -0.330 e. The lowest BCUT2D eigenvalue weighted by atomic mass is 10.2. The Morgan fingerprint density at radius 1 is 1.10 bits per heavy atom. The third-order valence-electron chi connectivity index (χ3n) is 3.02. The molecule has 0 atom stereocenters. The molecule has 0 aliphatic rings. The van der Waals surface area contributed by atoms with Gasteiger partial charge in [-0.3, -0.25) is 4.57 Å². The first-order valence-corrected chi connectivity index (χ1v) is 6.22. The third-order valence-corrected chi connectivity index (χ3v) is 3.30. The number of imidazole rings is 1. The number of nitrogens with zero attached hydrogens (tertiary/aromatic N) is 2. The number of fused-ring (bicyclic) bond motifs is 1. The van der Waals surface area contributed by atoms with E-state index in [2.05, 4.69) is 4.98 Å². The number of nitrogens with one attached hydrogen (secondary N) is 1. The molecule has 2 aromatic carbocycles. The van der Waals surface area contributed by atoms with Crippen molar-refractivity contribution in [1.29, 1.82) is 5.26 Å². The first-order valence-electron chi connectivity index (χ1n) is 5.81. The first-order chi connectivity index (χ1) is 10.0. The van der Waals surface area contributed by atoms with Crippen LogP contribution in [0, 0.1) is 33.6 Å². The molecule has 1 heterocycles. The van der Waals surface area contributed by atoms with E-state index in [9.17, 15) is 13.2 Å². The number of nitriles is 1. The lowest BCUT2D eigenvalue weighted by Crippen LogP contribution is -2.03. The number of aromatic nitrogens is 2. The van der Waals surface area contributed by atoms with Gasteiger partial charge in [0, 0.05) is 12.1 Å². The van der Waals surface area contributed by atoms with Crippen LogP contribution in [0.3, 0.4) is 0 Å². The molecule has 0 saturated heterocycles. The Morgan fingerprint density at radius 2 is 1.76 bits per heavy atom. The summed E-state index contributed by atoms with van der Waals surface area (Å²) in [6, 6.07) is 7.67. The molecule has 3 nitrogen and oxygen atoms in total. The van der Waals surface area contributed by atoms with Crippen LogP contribution in [0.1, 0.15) is 5.56 Å². The highest BCUT2D eigenvalue weighted by Gasteiger charge is 2.17. The molecule has 0 radical (unpaired) electrons. The van der Waals surface area contributed by atoms with Gasteiger partial charge in [-0.2, -0.15) is 5.26 Å². The Bertz CT molecular complexity index is 943. The van der Waals surface area contributed by atoms with Crippen LogP contribution in [0.15, 0.2) is 30.3 Å². The van der Waals surface area contributed by atoms with Gasteiger partial charge in [-0.25, -0.2) is 13.2 Å². The second-order valence-electron chi connectivity index (χ2n) is 4.33. The van der Waals surface area contributed by atoms with E-state index in [0.29, 0.717) is 28.7 Å². The molecule has 3 aromatic rings. The van der Waals surface area contributed by atoms with Gasteiger partial charge in [0.15, 0.2) is 16.4 Å². The lowest BCUT2D eigenvalue weighted by molar-refractivity contribution is 0.535. The smallest absolute Gasteiger partial charge is 0.182 e. The van der Waals surface area contributed by atoms with Crippen molar-refractivity contribution in [2.75, 3.05) is 0 Å². The Balaban J connectivity index is 2.43. The topological polar surface area (TPSA) is 44.5 Å². The van der Waals surface area contributed by atoms with E-state index in [1.807, 2.05) is 6.07 Å². The minimum atomic E-state index is -1.08. The number of H-pyrrole nitrogens is 1. The molecular weight excluding hydrogens is 299 g/mol. The summed E-state index contributed by atoms with van der Waals surface area (Å²) < 4.78 is 42.0. The molecule has 104 valence electrons. The summed E-state index contributed by atoms with van der Waals surface area (Å²) in [5, 5.41) is 8.92. The molecule has 7 heteroatoms. The van der Waals surface area contributed by atoms with E-state index in [1.165, 1.54) is 6.07 Å². The number of halogens is 3. The fraction of sp³-hybridized carbons (Fsp3) is 0. The maximum atomic E-state index is 13.9. The van der Waals surface area contributed by atoms with Gasteiger partial charge < -0.3 is 4.98 Å². The zero-order chi connectivity index (χ0) is 15.1. The zero-order valence-corrected chi connectivity index (χ0v) is 11.1. The number of aromatic amines is 1. The van der Waals surface area contributed by atoms with E-state index in [-0.39, 0.29) is 4.77 Å². The summed E-state index contributed by atoms with van der Waals surface area (Å²) in [6.07, 6.45) is 0. The summed E-state index contributed by atoms with van der Waals surface area (Å²) >= 11 is 5.06. The normalized spacial score (nSPS) is 10.8. The number of hydrogen-bond donors (Lipinski definition) is 1. The van der Waals surface area contributed by atoms with Crippen LogP contribution in [-0.4, -0.2) is 9.55 Å². The molecule has 3 rings (SSSR count). The van der Waals surface area contributed by atoms with Crippen LogP contribution in [0.4, 0.5) is 13.2 Å². The molecule has 0 bridgehead atoms. The van der Waals surface area contributed by atoms with Gasteiger partial charge in [0.05, 0.1) is 22.7 Å². The molecule has 0 spiro atoms. The van der Waals surface area contributed by atoms with Crippen molar-refractivity contribution in [1.82, 2.24) is 9.55 Å². The summed E-state index contributed by atoms with van der Waals surface area (Å²) in [5.74, 6) is -3.17. The number of benzene rings is 2. The van der Waals surface area contributed by atoms with Crippen molar-refractivity contribution in [2.45, 2.75) is 0 Å². The largest absolute Gasteiger partial charge is 0.330 e. The van der Waals surface area contributed by atoms with Gasteiger partial charge >= 0.3 is 0 Å². The molecular formula is C14H6F3N3S. The molecule has 0 saturated carbocycles. The number of rotatable bonds is 1. The van der Waals surface area contributed by atoms with Crippen LogP contribution in [0.25, 0.3) is 16.7 Å². The zero-order valence-electron chi connectivity index (χ0n) is 10.3. The monoisotopic (exact) mass is 305 g/mol. The Labute approximate surface area is 121 Å². The predicted molar refractivity (Wildman–Crippen MR) is 73.0 cm³/mol. The van der Waals surface area contributed by atoms with Gasteiger partial charge in [0.1, 0.15) is 11.5 Å².